The Balaban J connectivity index is 0.00000220. The van der Waals surface area contributed by atoms with Crippen LogP contribution in [0.25, 0.3) is 0 Å². The Kier molecular flexibility index (Phi) is 7.74. The van der Waals surface area contributed by atoms with Gasteiger partial charge >= 0.3 is 0 Å². The van der Waals surface area contributed by atoms with Crippen molar-refractivity contribution in [2.45, 2.75) is 38.3 Å². The van der Waals surface area contributed by atoms with E-state index < -0.39 is 0 Å². The van der Waals surface area contributed by atoms with Crippen molar-refractivity contribution in [3.8, 4) is 5.75 Å². The molecule has 2 rings (SSSR count). The lowest BCUT2D eigenvalue weighted by molar-refractivity contribution is 0.109. The van der Waals surface area contributed by atoms with E-state index in [2.05, 4.69) is 11.8 Å². The van der Waals surface area contributed by atoms with Crippen LogP contribution in [-0.2, 0) is 0 Å². The van der Waals surface area contributed by atoms with E-state index in [0.29, 0.717) is 23.4 Å². The summed E-state index contributed by atoms with van der Waals surface area (Å²) in [6.45, 7) is 4.47. The Labute approximate surface area is 137 Å². The van der Waals surface area contributed by atoms with Gasteiger partial charge in [-0.3, -0.25) is 4.90 Å². The summed E-state index contributed by atoms with van der Waals surface area (Å²) in [6.07, 6.45) is 3.60. The molecule has 6 heteroatoms. The average molecular weight is 337 g/mol. The minimum atomic E-state index is -0.351. The zero-order valence-corrected chi connectivity index (χ0v) is 13.8. The number of ether oxygens (including phenoxy) is 1. The van der Waals surface area contributed by atoms with E-state index >= 15 is 0 Å². The van der Waals surface area contributed by atoms with Gasteiger partial charge in [0.05, 0.1) is 5.02 Å². The fourth-order valence-electron chi connectivity index (χ4n) is 2.75. The number of hydrogen-bond donors (Lipinski definition) is 1. The second-order valence-electron chi connectivity index (χ2n) is 5.38. The van der Waals surface area contributed by atoms with E-state index in [0.717, 1.165) is 19.5 Å². The van der Waals surface area contributed by atoms with Crippen molar-refractivity contribution >= 4 is 24.0 Å². The smallest absolute Gasteiger partial charge is 0.138 e. The maximum Gasteiger partial charge on any atom is 0.138 e. The average Bonchev–Trinajstić information content (AvgIpc) is 2.41. The van der Waals surface area contributed by atoms with Crippen LogP contribution in [0.5, 0.6) is 5.75 Å². The Morgan fingerprint density at radius 1 is 1.48 bits per heavy atom. The SMILES string of the molecule is CC(N)C1CCCCN1CCOc1ccc(F)cc1Cl.Cl. The van der Waals surface area contributed by atoms with Gasteiger partial charge in [-0.15, -0.1) is 12.4 Å². The van der Waals surface area contributed by atoms with Crippen molar-refractivity contribution in [1.82, 2.24) is 4.90 Å². The lowest BCUT2D eigenvalue weighted by Crippen LogP contribution is -2.50. The molecular formula is C15H23Cl2FN2O. The van der Waals surface area contributed by atoms with Crippen molar-refractivity contribution in [2.24, 2.45) is 5.73 Å². The Hall–Kier alpha value is -0.550. The molecule has 0 radical (unpaired) electrons. The molecule has 2 atom stereocenters. The largest absolute Gasteiger partial charge is 0.491 e. The fraction of sp³-hybridized carbons (Fsp3) is 0.600. The number of likely N-dealkylation sites (tertiary alicyclic amines) is 1. The fourth-order valence-corrected chi connectivity index (χ4v) is 2.98. The Morgan fingerprint density at radius 3 is 2.90 bits per heavy atom. The highest BCUT2D eigenvalue weighted by molar-refractivity contribution is 6.32. The van der Waals surface area contributed by atoms with Crippen molar-refractivity contribution in [1.29, 1.82) is 0 Å². The molecule has 1 aromatic carbocycles. The van der Waals surface area contributed by atoms with Gasteiger partial charge in [-0.1, -0.05) is 18.0 Å². The van der Waals surface area contributed by atoms with E-state index in [1.165, 1.54) is 25.0 Å². The molecule has 0 aliphatic carbocycles. The molecule has 1 fully saturated rings. The molecule has 0 saturated carbocycles. The summed E-state index contributed by atoms with van der Waals surface area (Å²) >= 11 is 5.93. The van der Waals surface area contributed by atoms with E-state index in [1.807, 2.05) is 0 Å². The molecule has 0 spiro atoms. The number of halogens is 3. The van der Waals surface area contributed by atoms with Crippen LogP contribution in [0.3, 0.4) is 0 Å². The Morgan fingerprint density at radius 2 is 2.24 bits per heavy atom. The molecule has 120 valence electrons. The van der Waals surface area contributed by atoms with Gasteiger partial charge in [0.25, 0.3) is 0 Å². The van der Waals surface area contributed by atoms with Crippen LogP contribution in [0.1, 0.15) is 26.2 Å². The highest BCUT2D eigenvalue weighted by Crippen LogP contribution is 2.25. The summed E-state index contributed by atoms with van der Waals surface area (Å²) in [5.74, 6) is 0.179. The molecule has 0 bridgehead atoms. The molecule has 1 aliphatic rings. The predicted molar refractivity (Wildman–Crippen MR) is 87.0 cm³/mol. The molecular weight excluding hydrogens is 314 g/mol. The summed E-state index contributed by atoms with van der Waals surface area (Å²) in [5.41, 5.74) is 6.04. The first-order chi connectivity index (χ1) is 9.58. The molecule has 2 N–H and O–H groups in total. The summed E-state index contributed by atoms with van der Waals surface area (Å²) in [7, 11) is 0. The topological polar surface area (TPSA) is 38.5 Å². The predicted octanol–water partition coefficient (Wildman–Crippen LogP) is 3.48. The van der Waals surface area contributed by atoms with Gasteiger partial charge in [0.1, 0.15) is 18.2 Å². The summed E-state index contributed by atoms with van der Waals surface area (Å²) in [4.78, 5) is 2.38. The summed E-state index contributed by atoms with van der Waals surface area (Å²) < 4.78 is 18.6. The molecule has 0 amide bonds. The van der Waals surface area contributed by atoms with Crippen LogP contribution in [0.15, 0.2) is 18.2 Å². The monoisotopic (exact) mass is 336 g/mol. The first kappa shape index (κ1) is 18.5. The van der Waals surface area contributed by atoms with E-state index in [1.54, 1.807) is 6.07 Å². The first-order valence-corrected chi connectivity index (χ1v) is 7.53. The molecule has 21 heavy (non-hydrogen) atoms. The zero-order valence-electron chi connectivity index (χ0n) is 12.2. The first-order valence-electron chi connectivity index (χ1n) is 7.15. The number of hydrogen-bond acceptors (Lipinski definition) is 3. The van der Waals surface area contributed by atoms with Gasteiger partial charge in [0.2, 0.25) is 0 Å². The normalized spacial score (nSPS) is 20.7. The molecule has 1 saturated heterocycles. The van der Waals surface area contributed by atoms with Gasteiger partial charge in [-0.2, -0.15) is 0 Å². The molecule has 3 nitrogen and oxygen atoms in total. The van der Waals surface area contributed by atoms with E-state index in [-0.39, 0.29) is 24.3 Å². The maximum atomic E-state index is 12.9. The number of nitrogens with zero attached hydrogens (tertiary/aromatic N) is 1. The number of benzene rings is 1. The van der Waals surface area contributed by atoms with Gasteiger partial charge in [-0.05, 0) is 44.5 Å². The maximum absolute atomic E-state index is 12.9. The van der Waals surface area contributed by atoms with E-state index in [9.17, 15) is 4.39 Å². The van der Waals surface area contributed by atoms with Crippen LogP contribution in [0.4, 0.5) is 4.39 Å². The minimum absolute atomic E-state index is 0. The lowest BCUT2D eigenvalue weighted by atomic mass is 9.97. The standard InChI is InChI=1S/C15H22ClFN2O.ClH/c1-11(18)14-4-2-3-7-19(14)8-9-20-15-6-5-12(17)10-13(15)16;/h5-6,10-11,14H,2-4,7-9,18H2,1H3;1H. The second-order valence-corrected chi connectivity index (χ2v) is 5.79. The van der Waals surface area contributed by atoms with Gasteiger partial charge in [-0.25, -0.2) is 4.39 Å². The molecule has 1 aliphatic heterocycles. The second kappa shape index (κ2) is 8.79. The summed E-state index contributed by atoms with van der Waals surface area (Å²) in [6, 6.07) is 4.78. The van der Waals surface area contributed by atoms with Crippen LogP contribution in [0.2, 0.25) is 5.02 Å². The lowest BCUT2D eigenvalue weighted by Gasteiger charge is -2.37. The highest BCUT2D eigenvalue weighted by atomic mass is 35.5. The van der Waals surface area contributed by atoms with Gasteiger partial charge in [0, 0.05) is 18.6 Å². The molecule has 2 unspecified atom stereocenters. The number of piperidine rings is 1. The zero-order chi connectivity index (χ0) is 14.5. The number of rotatable bonds is 5. The van der Waals surface area contributed by atoms with Crippen molar-refractivity contribution in [3.63, 3.8) is 0 Å². The summed E-state index contributed by atoms with van der Waals surface area (Å²) in [5, 5.41) is 0.312. The van der Waals surface area contributed by atoms with Gasteiger partial charge < -0.3 is 10.5 Å². The molecule has 1 heterocycles. The van der Waals surface area contributed by atoms with Crippen LogP contribution in [0, 0.1) is 5.82 Å². The third-order valence-electron chi connectivity index (χ3n) is 3.80. The van der Waals surface area contributed by atoms with Crippen LogP contribution in [-0.4, -0.2) is 36.7 Å². The van der Waals surface area contributed by atoms with Crippen molar-refractivity contribution in [3.05, 3.63) is 29.0 Å². The Bertz CT molecular complexity index is 446. The highest BCUT2D eigenvalue weighted by Gasteiger charge is 2.24. The van der Waals surface area contributed by atoms with Crippen molar-refractivity contribution < 1.29 is 9.13 Å². The van der Waals surface area contributed by atoms with Crippen LogP contribution < -0.4 is 10.5 Å². The third-order valence-corrected chi connectivity index (χ3v) is 4.10. The molecule has 1 aromatic rings. The minimum Gasteiger partial charge on any atom is -0.491 e. The van der Waals surface area contributed by atoms with Crippen LogP contribution >= 0.6 is 24.0 Å². The molecule has 0 aromatic heterocycles. The quantitative estimate of drug-likeness (QED) is 0.894. The van der Waals surface area contributed by atoms with Gasteiger partial charge in [0.15, 0.2) is 0 Å². The van der Waals surface area contributed by atoms with Crippen molar-refractivity contribution in [2.75, 3.05) is 19.7 Å². The number of nitrogens with two attached hydrogens (primary N) is 1. The van der Waals surface area contributed by atoms with E-state index in [4.69, 9.17) is 22.1 Å². The third kappa shape index (κ3) is 5.29.